The average molecular weight is 262 g/mol. The fourth-order valence-electron chi connectivity index (χ4n) is 2.28. The summed E-state index contributed by atoms with van der Waals surface area (Å²) < 4.78 is 5.97. The third-order valence-electron chi connectivity index (χ3n) is 3.45. The van der Waals surface area contributed by atoms with E-state index < -0.39 is 0 Å². The van der Waals surface area contributed by atoms with Crippen molar-refractivity contribution in [3.05, 3.63) is 29.8 Å². The molecule has 1 aromatic carbocycles. The van der Waals surface area contributed by atoms with E-state index in [2.05, 4.69) is 52.0 Å². The first-order valence-electron chi connectivity index (χ1n) is 7.78. The van der Waals surface area contributed by atoms with Crippen LogP contribution in [0.15, 0.2) is 24.3 Å². The van der Waals surface area contributed by atoms with Crippen molar-refractivity contribution < 1.29 is 4.74 Å². The van der Waals surface area contributed by atoms with Crippen molar-refractivity contribution in [2.75, 3.05) is 6.61 Å². The molecule has 0 spiro atoms. The van der Waals surface area contributed by atoms with E-state index in [1.165, 1.54) is 44.1 Å². The van der Waals surface area contributed by atoms with Gasteiger partial charge in [-0.3, -0.25) is 0 Å². The molecule has 0 aliphatic rings. The molecule has 0 saturated carbocycles. The monoisotopic (exact) mass is 262 g/mol. The highest BCUT2D eigenvalue weighted by Crippen LogP contribution is 2.30. The second-order valence-electron chi connectivity index (χ2n) is 6.36. The fraction of sp³-hybridized carbons (Fsp3) is 0.667. The summed E-state index contributed by atoms with van der Waals surface area (Å²) in [5, 5.41) is 0. The molecule has 19 heavy (non-hydrogen) atoms. The van der Waals surface area contributed by atoms with Crippen LogP contribution in [0.1, 0.15) is 71.8 Å². The maximum absolute atomic E-state index is 5.97. The zero-order valence-corrected chi connectivity index (χ0v) is 13.2. The van der Waals surface area contributed by atoms with Crippen LogP contribution in [0.25, 0.3) is 0 Å². The maximum atomic E-state index is 5.97. The fourth-order valence-corrected chi connectivity index (χ4v) is 2.28. The van der Waals surface area contributed by atoms with E-state index in [1.54, 1.807) is 0 Å². The Hall–Kier alpha value is -0.980. The van der Waals surface area contributed by atoms with Crippen molar-refractivity contribution in [1.82, 2.24) is 0 Å². The SMILES string of the molecule is CCCCCCCCOc1ccccc1C(C)(C)C. The highest BCUT2D eigenvalue weighted by Gasteiger charge is 2.17. The molecule has 1 nitrogen and oxygen atoms in total. The van der Waals surface area contributed by atoms with Gasteiger partial charge in [-0.25, -0.2) is 0 Å². The second kappa shape index (κ2) is 8.24. The first-order chi connectivity index (χ1) is 9.05. The molecule has 0 radical (unpaired) electrons. The Kier molecular flexibility index (Phi) is 6.97. The Bertz CT molecular complexity index is 349. The Balaban J connectivity index is 2.33. The Labute approximate surface area is 119 Å². The minimum atomic E-state index is 0.151. The van der Waals surface area contributed by atoms with Gasteiger partial charge in [0.2, 0.25) is 0 Å². The number of hydrogen-bond donors (Lipinski definition) is 0. The molecular weight excluding hydrogens is 232 g/mol. The van der Waals surface area contributed by atoms with Crippen molar-refractivity contribution in [1.29, 1.82) is 0 Å². The van der Waals surface area contributed by atoms with Gasteiger partial charge in [0.15, 0.2) is 0 Å². The number of rotatable bonds is 8. The van der Waals surface area contributed by atoms with E-state index in [9.17, 15) is 0 Å². The molecule has 1 rings (SSSR count). The van der Waals surface area contributed by atoms with Crippen molar-refractivity contribution in [2.45, 2.75) is 71.6 Å². The van der Waals surface area contributed by atoms with Crippen LogP contribution in [0, 0.1) is 0 Å². The molecule has 0 unspecified atom stereocenters. The van der Waals surface area contributed by atoms with Gasteiger partial charge in [-0.1, -0.05) is 78.0 Å². The van der Waals surface area contributed by atoms with Crippen LogP contribution in [0.3, 0.4) is 0 Å². The van der Waals surface area contributed by atoms with Crippen LogP contribution < -0.4 is 4.74 Å². The molecule has 0 amide bonds. The molecule has 0 heterocycles. The summed E-state index contributed by atoms with van der Waals surface area (Å²) >= 11 is 0. The topological polar surface area (TPSA) is 9.23 Å². The Morgan fingerprint density at radius 3 is 2.21 bits per heavy atom. The Morgan fingerprint density at radius 1 is 0.895 bits per heavy atom. The molecule has 0 aromatic heterocycles. The lowest BCUT2D eigenvalue weighted by atomic mass is 9.86. The molecule has 0 aliphatic heterocycles. The number of hydrogen-bond acceptors (Lipinski definition) is 1. The zero-order valence-electron chi connectivity index (χ0n) is 13.2. The highest BCUT2D eigenvalue weighted by atomic mass is 16.5. The van der Waals surface area contributed by atoms with Crippen LogP contribution in [0.2, 0.25) is 0 Å². The summed E-state index contributed by atoms with van der Waals surface area (Å²) in [6.07, 6.45) is 7.86. The maximum Gasteiger partial charge on any atom is 0.123 e. The summed E-state index contributed by atoms with van der Waals surface area (Å²) in [7, 11) is 0. The smallest absolute Gasteiger partial charge is 0.123 e. The molecular formula is C18H30O. The van der Waals surface area contributed by atoms with Gasteiger partial charge in [-0.2, -0.15) is 0 Å². The molecule has 0 atom stereocenters. The van der Waals surface area contributed by atoms with E-state index in [1.807, 2.05) is 0 Å². The minimum absolute atomic E-state index is 0.151. The number of benzene rings is 1. The number of para-hydroxylation sites is 1. The van der Waals surface area contributed by atoms with Crippen LogP contribution in [-0.2, 0) is 5.41 Å². The van der Waals surface area contributed by atoms with Crippen molar-refractivity contribution >= 4 is 0 Å². The minimum Gasteiger partial charge on any atom is -0.493 e. The third kappa shape index (κ3) is 6.13. The Morgan fingerprint density at radius 2 is 1.53 bits per heavy atom. The van der Waals surface area contributed by atoms with Gasteiger partial charge in [0.05, 0.1) is 6.61 Å². The number of ether oxygens (including phenoxy) is 1. The van der Waals surface area contributed by atoms with Crippen molar-refractivity contribution in [2.24, 2.45) is 0 Å². The van der Waals surface area contributed by atoms with Gasteiger partial charge in [0, 0.05) is 0 Å². The van der Waals surface area contributed by atoms with Crippen LogP contribution >= 0.6 is 0 Å². The predicted octanol–water partition coefficient (Wildman–Crippen LogP) is 5.72. The van der Waals surface area contributed by atoms with Gasteiger partial charge < -0.3 is 4.74 Å². The largest absolute Gasteiger partial charge is 0.493 e. The van der Waals surface area contributed by atoms with E-state index in [-0.39, 0.29) is 5.41 Å². The van der Waals surface area contributed by atoms with Crippen LogP contribution in [0.5, 0.6) is 5.75 Å². The van der Waals surface area contributed by atoms with E-state index >= 15 is 0 Å². The van der Waals surface area contributed by atoms with Crippen molar-refractivity contribution in [3.63, 3.8) is 0 Å². The summed E-state index contributed by atoms with van der Waals surface area (Å²) in [6, 6.07) is 8.43. The van der Waals surface area contributed by atoms with Crippen LogP contribution in [0.4, 0.5) is 0 Å². The van der Waals surface area contributed by atoms with Gasteiger partial charge >= 0.3 is 0 Å². The lowest BCUT2D eigenvalue weighted by Gasteiger charge is -2.22. The summed E-state index contributed by atoms with van der Waals surface area (Å²) in [5.74, 6) is 1.06. The average Bonchev–Trinajstić information content (AvgIpc) is 2.37. The molecule has 1 aromatic rings. The number of unbranched alkanes of at least 4 members (excludes halogenated alkanes) is 5. The normalized spacial score (nSPS) is 11.6. The molecule has 1 heteroatoms. The lowest BCUT2D eigenvalue weighted by molar-refractivity contribution is 0.296. The van der Waals surface area contributed by atoms with E-state index in [0.29, 0.717) is 0 Å². The van der Waals surface area contributed by atoms with Crippen molar-refractivity contribution in [3.8, 4) is 5.75 Å². The predicted molar refractivity (Wildman–Crippen MR) is 84.0 cm³/mol. The summed E-state index contributed by atoms with van der Waals surface area (Å²) in [4.78, 5) is 0. The molecule has 0 N–H and O–H groups in total. The molecule has 0 aliphatic carbocycles. The molecule has 0 bridgehead atoms. The van der Waals surface area contributed by atoms with E-state index in [4.69, 9.17) is 4.74 Å². The first kappa shape index (κ1) is 16.1. The zero-order chi connectivity index (χ0) is 14.1. The lowest BCUT2D eigenvalue weighted by Crippen LogP contribution is -2.13. The van der Waals surface area contributed by atoms with E-state index in [0.717, 1.165) is 12.4 Å². The van der Waals surface area contributed by atoms with Gasteiger partial charge in [-0.15, -0.1) is 0 Å². The van der Waals surface area contributed by atoms with Gasteiger partial charge in [-0.05, 0) is 23.5 Å². The molecule has 0 saturated heterocycles. The van der Waals surface area contributed by atoms with Gasteiger partial charge in [0.1, 0.15) is 5.75 Å². The summed E-state index contributed by atoms with van der Waals surface area (Å²) in [5.41, 5.74) is 1.46. The first-order valence-corrected chi connectivity index (χ1v) is 7.78. The molecule has 0 fully saturated rings. The van der Waals surface area contributed by atoms with Crippen LogP contribution in [-0.4, -0.2) is 6.61 Å². The summed E-state index contributed by atoms with van der Waals surface area (Å²) in [6.45, 7) is 9.81. The van der Waals surface area contributed by atoms with Gasteiger partial charge in [0.25, 0.3) is 0 Å². The second-order valence-corrected chi connectivity index (χ2v) is 6.36. The third-order valence-corrected chi connectivity index (χ3v) is 3.45. The quantitative estimate of drug-likeness (QED) is 0.544. The highest BCUT2D eigenvalue weighted by molar-refractivity contribution is 5.38. The molecule has 108 valence electrons. The standard InChI is InChI=1S/C18H30O/c1-5-6-7-8-9-12-15-19-17-14-11-10-13-16(17)18(2,3)4/h10-11,13-14H,5-9,12,15H2,1-4H3.